The van der Waals surface area contributed by atoms with E-state index < -0.39 is 12.5 Å². The number of benzene rings is 2. The molecule has 138 valence electrons. The second-order valence-electron chi connectivity index (χ2n) is 5.36. The Bertz CT molecular complexity index is 919. The summed E-state index contributed by atoms with van der Waals surface area (Å²) in [5.41, 5.74) is 1.44. The zero-order chi connectivity index (χ0) is 19.2. The number of hydrogen-bond donors (Lipinski definition) is 1. The molecule has 0 aliphatic heterocycles. The number of nitrogens with one attached hydrogen (secondary N) is 1. The number of nitrogens with zero attached hydrogens (tertiary/aromatic N) is 2. The van der Waals surface area contributed by atoms with Gasteiger partial charge in [-0.1, -0.05) is 30.3 Å². The van der Waals surface area contributed by atoms with Crippen LogP contribution in [0.15, 0.2) is 60.7 Å². The molecule has 0 spiro atoms. The van der Waals surface area contributed by atoms with Gasteiger partial charge in [0, 0.05) is 11.6 Å². The lowest BCUT2D eigenvalue weighted by atomic mass is 10.1. The number of aromatic nitrogens is 2. The predicted octanol–water partition coefficient (Wildman–Crippen LogP) is 4.01. The van der Waals surface area contributed by atoms with E-state index in [0.29, 0.717) is 5.69 Å². The number of anilines is 1. The molecule has 1 amide bonds. The Morgan fingerprint density at radius 2 is 1.81 bits per heavy atom. The normalized spacial score (nSPS) is 10.5. The molecule has 1 heterocycles. The maximum absolute atomic E-state index is 12.6. The fourth-order valence-corrected chi connectivity index (χ4v) is 2.36. The van der Waals surface area contributed by atoms with Gasteiger partial charge in [0.15, 0.2) is 5.82 Å². The highest BCUT2D eigenvalue weighted by Gasteiger charge is 2.18. The van der Waals surface area contributed by atoms with Gasteiger partial charge < -0.3 is 14.8 Å². The standard InChI is InChI=1S/C19H15F2N3O3/c1-26-13-7-8-14(16(11-13)27-19(20)21)18(25)22-17-10-9-15(23-24-17)12-5-3-2-4-6-12/h2-11,19H,1H3,(H,22,24,25). The van der Waals surface area contributed by atoms with Crippen LogP contribution in [0.5, 0.6) is 11.5 Å². The molecular weight excluding hydrogens is 356 g/mol. The molecule has 2 aromatic carbocycles. The predicted molar refractivity (Wildman–Crippen MR) is 95.0 cm³/mol. The first-order valence-corrected chi connectivity index (χ1v) is 7.90. The molecular formula is C19H15F2N3O3. The number of alkyl halides is 2. The van der Waals surface area contributed by atoms with Gasteiger partial charge in [0.1, 0.15) is 11.5 Å². The molecule has 3 aromatic rings. The van der Waals surface area contributed by atoms with Gasteiger partial charge in [-0.3, -0.25) is 4.79 Å². The lowest BCUT2D eigenvalue weighted by Crippen LogP contribution is -2.16. The summed E-state index contributed by atoms with van der Waals surface area (Å²) in [5.74, 6) is -0.488. The lowest BCUT2D eigenvalue weighted by molar-refractivity contribution is -0.0502. The maximum atomic E-state index is 12.6. The average molecular weight is 371 g/mol. The Hall–Kier alpha value is -3.55. The van der Waals surface area contributed by atoms with E-state index in [0.717, 1.165) is 5.56 Å². The molecule has 0 radical (unpaired) electrons. The van der Waals surface area contributed by atoms with Crippen molar-refractivity contribution in [2.24, 2.45) is 0 Å². The summed E-state index contributed by atoms with van der Waals surface area (Å²) in [7, 11) is 1.38. The van der Waals surface area contributed by atoms with Gasteiger partial charge >= 0.3 is 6.61 Å². The summed E-state index contributed by atoms with van der Waals surface area (Å²) in [5, 5.41) is 10.5. The van der Waals surface area contributed by atoms with Crippen LogP contribution >= 0.6 is 0 Å². The molecule has 3 rings (SSSR count). The molecule has 0 bridgehead atoms. The zero-order valence-corrected chi connectivity index (χ0v) is 14.2. The third kappa shape index (κ3) is 4.55. The van der Waals surface area contributed by atoms with Gasteiger partial charge in [-0.15, -0.1) is 10.2 Å². The Labute approximate surface area is 153 Å². The van der Waals surface area contributed by atoms with Gasteiger partial charge in [-0.2, -0.15) is 8.78 Å². The largest absolute Gasteiger partial charge is 0.497 e. The maximum Gasteiger partial charge on any atom is 0.387 e. The van der Waals surface area contributed by atoms with Crippen LogP contribution < -0.4 is 14.8 Å². The van der Waals surface area contributed by atoms with Crippen LogP contribution in [0.2, 0.25) is 0 Å². The number of carbonyl (C=O) groups excluding carboxylic acids is 1. The first-order chi connectivity index (χ1) is 13.1. The van der Waals surface area contributed by atoms with Crippen molar-refractivity contribution in [1.82, 2.24) is 10.2 Å². The van der Waals surface area contributed by atoms with Crippen molar-refractivity contribution in [1.29, 1.82) is 0 Å². The van der Waals surface area contributed by atoms with Crippen molar-refractivity contribution in [3.8, 4) is 22.8 Å². The molecule has 0 atom stereocenters. The summed E-state index contributed by atoms with van der Waals surface area (Å²) >= 11 is 0. The van der Waals surface area contributed by atoms with Crippen LogP contribution in [-0.2, 0) is 0 Å². The quantitative estimate of drug-likeness (QED) is 0.709. The summed E-state index contributed by atoms with van der Waals surface area (Å²) in [4.78, 5) is 12.4. The molecule has 0 aliphatic carbocycles. The number of hydrogen-bond acceptors (Lipinski definition) is 5. The molecule has 0 fully saturated rings. The van der Waals surface area contributed by atoms with Gasteiger partial charge in [0.2, 0.25) is 0 Å². The van der Waals surface area contributed by atoms with Gasteiger partial charge in [-0.05, 0) is 24.3 Å². The summed E-state index contributed by atoms with van der Waals surface area (Å²) in [6.45, 7) is -3.08. The monoisotopic (exact) mass is 371 g/mol. The van der Waals surface area contributed by atoms with E-state index in [1.165, 1.54) is 25.3 Å². The van der Waals surface area contributed by atoms with Gasteiger partial charge in [0.05, 0.1) is 18.4 Å². The topological polar surface area (TPSA) is 73.3 Å². The van der Waals surface area contributed by atoms with Crippen LogP contribution in [0, 0.1) is 0 Å². The van der Waals surface area contributed by atoms with E-state index in [-0.39, 0.29) is 22.9 Å². The first-order valence-electron chi connectivity index (χ1n) is 7.90. The molecule has 8 heteroatoms. The van der Waals surface area contributed by atoms with Crippen molar-refractivity contribution in [2.75, 3.05) is 12.4 Å². The molecule has 6 nitrogen and oxygen atoms in total. The summed E-state index contributed by atoms with van der Waals surface area (Å²) < 4.78 is 34.6. The first kappa shape index (κ1) is 18.2. The van der Waals surface area contributed by atoms with E-state index in [9.17, 15) is 13.6 Å². The van der Waals surface area contributed by atoms with Crippen molar-refractivity contribution in [2.45, 2.75) is 6.61 Å². The van der Waals surface area contributed by atoms with Crippen molar-refractivity contribution in [3.63, 3.8) is 0 Å². The Balaban J connectivity index is 1.79. The molecule has 1 N–H and O–H groups in total. The number of ether oxygens (including phenoxy) is 2. The van der Waals surface area contributed by atoms with Crippen LogP contribution in [0.3, 0.4) is 0 Å². The molecule has 27 heavy (non-hydrogen) atoms. The number of methoxy groups -OCH3 is 1. The number of amides is 1. The highest BCUT2D eigenvalue weighted by Crippen LogP contribution is 2.27. The van der Waals surface area contributed by atoms with E-state index in [1.807, 2.05) is 30.3 Å². The van der Waals surface area contributed by atoms with Crippen molar-refractivity contribution < 1.29 is 23.0 Å². The second kappa shape index (κ2) is 8.22. The number of carbonyl (C=O) groups is 1. The minimum Gasteiger partial charge on any atom is -0.497 e. The molecule has 0 aliphatic rings. The van der Waals surface area contributed by atoms with E-state index in [2.05, 4.69) is 20.3 Å². The number of halogens is 2. The van der Waals surface area contributed by atoms with E-state index >= 15 is 0 Å². The van der Waals surface area contributed by atoms with Crippen LogP contribution in [0.25, 0.3) is 11.3 Å². The fourth-order valence-electron chi connectivity index (χ4n) is 2.36. The Morgan fingerprint density at radius 3 is 2.44 bits per heavy atom. The smallest absolute Gasteiger partial charge is 0.387 e. The lowest BCUT2D eigenvalue weighted by Gasteiger charge is -2.12. The molecule has 1 aromatic heterocycles. The van der Waals surface area contributed by atoms with Crippen molar-refractivity contribution in [3.05, 3.63) is 66.2 Å². The van der Waals surface area contributed by atoms with Gasteiger partial charge in [-0.25, -0.2) is 0 Å². The minimum atomic E-state index is -3.08. The average Bonchev–Trinajstić information content (AvgIpc) is 2.68. The Morgan fingerprint density at radius 1 is 1.04 bits per heavy atom. The highest BCUT2D eigenvalue weighted by atomic mass is 19.3. The highest BCUT2D eigenvalue weighted by molar-refractivity contribution is 6.05. The fraction of sp³-hybridized carbons (Fsp3) is 0.105. The third-order valence-corrected chi connectivity index (χ3v) is 3.63. The van der Waals surface area contributed by atoms with Crippen LogP contribution in [0.1, 0.15) is 10.4 Å². The SMILES string of the molecule is COc1ccc(C(=O)Nc2ccc(-c3ccccc3)nn2)c(OC(F)F)c1. The zero-order valence-electron chi connectivity index (χ0n) is 14.2. The second-order valence-corrected chi connectivity index (χ2v) is 5.36. The van der Waals surface area contributed by atoms with Crippen LogP contribution in [0.4, 0.5) is 14.6 Å². The minimum absolute atomic E-state index is 0.0787. The van der Waals surface area contributed by atoms with Crippen LogP contribution in [-0.4, -0.2) is 29.8 Å². The summed E-state index contributed by atoms with van der Waals surface area (Å²) in [6, 6.07) is 16.7. The molecule has 0 saturated carbocycles. The number of rotatable bonds is 6. The van der Waals surface area contributed by atoms with E-state index in [4.69, 9.17) is 4.74 Å². The van der Waals surface area contributed by atoms with Gasteiger partial charge in [0.25, 0.3) is 5.91 Å². The molecule has 0 unspecified atom stereocenters. The summed E-state index contributed by atoms with van der Waals surface area (Å²) in [6.07, 6.45) is 0. The Kier molecular flexibility index (Phi) is 5.55. The molecule has 0 saturated heterocycles. The third-order valence-electron chi connectivity index (χ3n) is 3.63. The van der Waals surface area contributed by atoms with E-state index in [1.54, 1.807) is 12.1 Å². The van der Waals surface area contributed by atoms with Crippen molar-refractivity contribution >= 4 is 11.7 Å².